The van der Waals surface area contributed by atoms with Crippen LogP contribution in [0.2, 0.25) is 15.1 Å². The van der Waals surface area contributed by atoms with Crippen LogP contribution < -0.4 is 4.74 Å². The molecule has 2 aromatic carbocycles. The van der Waals surface area contributed by atoms with E-state index in [1.165, 1.54) is 0 Å². The first-order valence-corrected chi connectivity index (χ1v) is 7.69. The third-order valence-corrected chi connectivity index (χ3v) is 3.93. The second-order valence-electron chi connectivity index (χ2n) is 4.58. The van der Waals surface area contributed by atoms with Gasteiger partial charge in [-0.3, -0.25) is 0 Å². The molecule has 0 radical (unpaired) electrons. The van der Waals surface area contributed by atoms with Gasteiger partial charge in [-0.1, -0.05) is 46.9 Å². The lowest BCUT2D eigenvalue weighted by Crippen LogP contribution is -2.03. The zero-order chi connectivity index (χ0) is 15.4. The van der Waals surface area contributed by atoms with Crippen molar-refractivity contribution in [2.24, 2.45) is 0 Å². The van der Waals surface area contributed by atoms with E-state index in [-0.39, 0.29) is 0 Å². The molecule has 0 aliphatic heterocycles. The van der Waals surface area contributed by atoms with Crippen LogP contribution in [0.15, 0.2) is 36.4 Å². The average molecular weight is 346 g/mol. The molecule has 112 valence electrons. The van der Waals surface area contributed by atoms with Gasteiger partial charge in [-0.05, 0) is 30.7 Å². The highest BCUT2D eigenvalue weighted by atomic mass is 35.5. The van der Waals surface area contributed by atoms with E-state index in [0.29, 0.717) is 39.4 Å². The SMILES string of the molecule is CCOc1cc(Cl)c(C(O)Cc2ccc(Cl)cc2)cc1Cl. The van der Waals surface area contributed by atoms with E-state index < -0.39 is 6.10 Å². The summed E-state index contributed by atoms with van der Waals surface area (Å²) in [4.78, 5) is 0. The first kappa shape index (κ1) is 16.4. The molecule has 0 saturated heterocycles. The quantitative estimate of drug-likeness (QED) is 0.794. The number of halogens is 3. The zero-order valence-electron chi connectivity index (χ0n) is 11.4. The Labute approximate surface area is 139 Å². The Bertz CT molecular complexity index is 612. The third-order valence-electron chi connectivity index (χ3n) is 3.05. The fraction of sp³-hybridized carbons (Fsp3) is 0.250. The maximum atomic E-state index is 10.4. The van der Waals surface area contributed by atoms with E-state index >= 15 is 0 Å². The van der Waals surface area contributed by atoms with Gasteiger partial charge >= 0.3 is 0 Å². The van der Waals surface area contributed by atoms with Gasteiger partial charge in [-0.25, -0.2) is 0 Å². The molecule has 0 amide bonds. The largest absolute Gasteiger partial charge is 0.492 e. The second-order valence-corrected chi connectivity index (χ2v) is 5.83. The maximum absolute atomic E-state index is 10.4. The standard InChI is InChI=1S/C16H15Cl3O2/c1-2-21-16-9-13(18)12(8-14(16)19)15(20)7-10-3-5-11(17)6-4-10/h3-6,8-9,15,20H,2,7H2,1H3. The smallest absolute Gasteiger partial charge is 0.139 e. The Morgan fingerprint density at radius 1 is 1.05 bits per heavy atom. The van der Waals surface area contributed by atoms with Gasteiger partial charge in [0.1, 0.15) is 5.75 Å². The summed E-state index contributed by atoms with van der Waals surface area (Å²) in [6, 6.07) is 10.6. The minimum atomic E-state index is -0.744. The van der Waals surface area contributed by atoms with Gasteiger partial charge in [0.25, 0.3) is 0 Å². The molecule has 0 spiro atoms. The lowest BCUT2D eigenvalue weighted by Gasteiger charge is -2.15. The molecule has 0 aliphatic rings. The number of benzene rings is 2. The summed E-state index contributed by atoms with van der Waals surface area (Å²) in [5.74, 6) is 0.520. The first-order valence-electron chi connectivity index (χ1n) is 6.55. The molecule has 1 atom stereocenters. The second kappa shape index (κ2) is 7.37. The predicted octanol–water partition coefficient (Wildman–Crippen LogP) is 5.32. The van der Waals surface area contributed by atoms with E-state index in [4.69, 9.17) is 39.5 Å². The van der Waals surface area contributed by atoms with Crippen molar-refractivity contribution in [3.8, 4) is 5.75 Å². The monoisotopic (exact) mass is 344 g/mol. The number of aliphatic hydroxyl groups is 1. The van der Waals surface area contributed by atoms with Crippen molar-refractivity contribution >= 4 is 34.8 Å². The van der Waals surface area contributed by atoms with Crippen molar-refractivity contribution in [1.82, 2.24) is 0 Å². The van der Waals surface area contributed by atoms with Crippen LogP contribution in [0.25, 0.3) is 0 Å². The number of rotatable bonds is 5. The lowest BCUT2D eigenvalue weighted by atomic mass is 10.0. The van der Waals surface area contributed by atoms with Crippen molar-refractivity contribution in [3.05, 3.63) is 62.6 Å². The zero-order valence-corrected chi connectivity index (χ0v) is 13.7. The molecule has 0 heterocycles. The Morgan fingerprint density at radius 2 is 1.71 bits per heavy atom. The summed E-state index contributed by atoms with van der Waals surface area (Å²) >= 11 is 18.2. The lowest BCUT2D eigenvalue weighted by molar-refractivity contribution is 0.178. The fourth-order valence-electron chi connectivity index (χ4n) is 2.02. The summed E-state index contributed by atoms with van der Waals surface area (Å²) in [6.07, 6.45) is -0.312. The van der Waals surface area contributed by atoms with Gasteiger partial charge in [0.2, 0.25) is 0 Å². The van der Waals surface area contributed by atoms with E-state index in [9.17, 15) is 5.11 Å². The van der Waals surface area contributed by atoms with Gasteiger partial charge in [-0.15, -0.1) is 0 Å². The normalized spacial score (nSPS) is 12.2. The third kappa shape index (κ3) is 4.27. The van der Waals surface area contributed by atoms with E-state index in [1.54, 1.807) is 24.3 Å². The van der Waals surface area contributed by atoms with E-state index in [1.807, 2.05) is 19.1 Å². The molecule has 21 heavy (non-hydrogen) atoms. The van der Waals surface area contributed by atoms with Crippen LogP contribution in [0.5, 0.6) is 5.75 Å². The molecular formula is C16H15Cl3O2. The highest BCUT2D eigenvalue weighted by Crippen LogP contribution is 2.35. The molecule has 0 aromatic heterocycles. The number of hydrogen-bond acceptors (Lipinski definition) is 2. The van der Waals surface area contributed by atoms with Gasteiger partial charge < -0.3 is 9.84 Å². The van der Waals surface area contributed by atoms with Crippen molar-refractivity contribution in [2.45, 2.75) is 19.4 Å². The minimum Gasteiger partial charge on any atom is -0.492 e. The summed E-state index contributed by atoms with van der Waals surface area (Å²) in [5.41, 5.74) is 1.55. The van der Waals surface area contributed by atoms with Crippen molar-refractivity contribution in [1.29, 1.82) is 0 Å². The van der Waals surface area contributed by atoms with Crippen LogP contribution in [0.3, 0.4) is 0 Å². The van der Waals surface area contributed by atoms with Gasteiger partial charge in [0.15, 0.2) is 0 Å². The molecule has 0 bridgehead atoms. The molecule has 2 rings (SSSR count). The van der Waals surface area contributed by atoms with Gasteiger partial charge in [0, 0.05) is 23.1 Å². The Kier molecular flexibility index (Phi) is 5.77. The number of aliphatic hydroxyl groups excluding tert-OH is 1. The molecule has 0 aliphatic carbocycles. The van der Waals surface area contributed by atoms with Gasteiger partial charge in [0.05, 0.1) is 22.8 Å². The van der Waals surface area contributed by atoms with Crippen LogP contribution in [-0.4, -0.2) is 11.7 Å². The molecule has 0 saturated carbocycles. The van der Waals surface area contributed by atoms with E-state index in [2.05, 4.69) is 0 Å². The number of hydrogen-bond donors (Lipinski definition) is 1. The summed E-state index contributed by atoms with van der Waals surface area (Å²) in [7, 11) is 0. The predicted molar refractivity (Wildman–Crippen MR) is 87.7 cm³/mol. The average Bonchev–Trinajstić information content (AvgIpc) is 2.45. The van der Waals surface area contributed by atoms with Crippen LogP contribution in [0, 0.1) is 0 Å². The van der Waals surface area contributed by atoms with Crippen LogP contribution in [0.1, 0.15) is 24.2 Å². The highest BCUT2D eigenvalue weighted by molar-refractivity contribution is 6.34. The molecule has 2 aromatic rings. The summed E-state index contributed by atoms with van der Waals surface area (Å²) < 4.78 is 5.37. The van der Waals surface area contributed by atoms with Crippen LogP contribution in [-0.2, 0) is 6.42 Å². The Hall–Kier alpha value is -0.930. The summed E-state index contributed by atoms with van der Waals surface area (Å²) in [6.45, 7) is 2.37. The van der Waals surface area contributed by atoms with Crippen molar-refractivity contribution in [2.75, 3.05) is 6.61 Å². The minimum absolute atomic E-state index is 0.432. The first-order chi connectivity index (χ1) is 10.0. The summed E-state index contributed by atoms with van der Waals surface area (Å²) in [5, 5.41) is 11.9. The molecule has 5 heteroatoms. The van der Waals surface area contributed by atoms with Gasteiger partial charge in [-0.2, -0.15) is 0 Å². The molecule has 2 nitrogen and oxygen atoms in total. The topological polar surface area (TPSA) is 29.5 Å². The van der Waals surface area contributed by atoms with Crippen molar-refractivity contribution in [3.63, 3.8) is 0 Å². The molecule has 1 unspecified atom stereocenters. The molecule has 1 N–H and O–H groups in total. The van der Waals surface area contributed by atoms with E-state index in [0.717, 1.165) is 5.56 Å². The van der Waals surface area contributed by atoms with Crippen LogP contribution in [0.4, 0.5) is 0 Å². The number of ether oxygens (including phenoxy) is 1. The Balaban J connectivity index is 2.20. The maximum Gasteiger partial charge on any atom is 0.139 e. The van der Waals surface area contributed by atoms with Crippen molar-refractivity contribution < 1.29 is 9.84 Å². The fourth-order valence-corrected chi connectivity index (χ4v) is 2.65. The molecular weight excluding hydrogens is 331 g/mol. The molecule has 0 fully saturated rings. The highest BCUT2D eigenvalue weighted by Gasteiger charge is 2.16. The van der Waals surface area contributed by atoms with Crippen LogP contribution >= 0.6 is 34.8 Å². The Morgan fingerprint density at radius 3 is 2.33 bits per heavy atom.